The molecule has 2 saturated heterocycles. The van der Waals surface area contributed by atoms with Crippen LogP contribution in [0.4, 0.5) is 4.79 Å². The van der Waals surface area contributed by atoms with Crippen molar-refractivity contribution in [3.8, 4) is 5.88 Å². The van der Waals surface area contributed by atoms with Crippen LogP contribution in [-0.2, 0) is 25.4 Å². The maximum absolute atomic E-state index is 13.4. The summed E-state index contributed by atoms with van der Waals surface area (Å²) in [6, 6.07) is 2.27. The van der Waals surface area contributed by atoms with Crippen molar-refractivity contribution in [3.63, 3.8) is 0 Å². The van der Waals surface area contributed by atoms with Crippen LogP contribution in [0.5, 0.6) is 5.88 Å². The molecule has 1 N–H and O–H groups in total. The number of aromatic nitrogens is 1. The Balaban J connectivity index is 1.49. The first-order valence-corrected chi connectivity index (χ1v) is 12.6. The molecule has 0 aromatic carbocycles. The van der Waals surface area contributed by atoms with Crippen molar-refractivity contribution < 1.29 is 28.5 Å². The second-order valence-corrected chi connectivity index (χ2v) is 9.37. The van der Waals surface area contributed by atoms with E-state index in [4.69, 9.17) is 14.2 Å². The molecule has 4 rings (SSSR count). The van der Waals surface area contributed by atoms with Crippen molar-refractivity contribution in [2.45, 2.75) is 82.6 Å². The average molecular weight is 476 g/mol. The third-order valence-corrected chi connectivity index (χ3v) is 6.74. The molecule has 0 radical (unpaired) electrons. The van der Waals surface area contributed by atoms with Crippen LogP contribution in [0.15, 0.2) is 12.3 Å². The van der Waals surface area contributed by atoms with Gasteiger partial charge in [0.2, 0.25) is 5.88 Å². The first-order valence-electron chi connectivity index (χ1n) is 12.6. The molecule has 9 heteroatoms. The number of rotatable bonds is 10. The zero-order valence-electron chi connectivity index (χ0n) is 20.3. The Hall–Kier alpha value is -2.39. The van der Waals surface area contributed by atoms with E-state index in [1.165, 1.54) is 7.11 Å². The number of hydrogen-bond donors (Lipinski definition) is 1. The van der Waals surface area contributed by atoms with Gasteiger partial charge in [-0.2, -0.15) is 0 Å². The van der Waals surface area contributed by atoms with Crippen molar-refractivity contribution in [1.29, 1.82) is 0 Å². The molecule has 2 aliphatic heterocycles. The molecule has 3 atom stereocenters. The third-order valence-electron chi connectivity index (χ3n) is 6.74. The second kappa shape index (κ2) is 11.8. The number of aryl methyl sites for hydroxylation is 1. The molecule has 3 fully saturated rings. The Morgan fingerprint density at radius 1 is 1.24 bits per heavy atom. The molecule has 1 aromatic rings. The molecule has 1 aliphatic carbocycles. The standard InChI is InChI=1S/C25H37N3O6/c1-17(28(20-8-9-20)24(29)22-7-3-4-12-33-22)19-14-18(6-5-11-26-25(30)31-2)23(27-15-19)34-21-10-13-32-16-21/h14-15,17,20-22H,3-13,16H2,1-2H3,(H,26,30)/t17-,21+,22-/m1/s1. The Labute approximate surface area is 201 Å². The highest BCUT2D eigenvalue weighted by Gasteiger charge is 2.40. The summed E-state index contributed by atoms with van der Waals surface area (Å²) in [4.78, 5) is 31.4. The third kappa shape index (κ3) is 6.39. The van der Waals surface area contributed by atoms with Crippen molar-refractivity contribution in [2.75, 3.05) is 33.5 Å². The van der Waals surface area contributed by atoms with Crippen molar-refractivity contribution in [2.24, 2.45) is 0 Å². The van der Waals surface area contributed by atoms with Crippen LogP contribution in [0.25, 0.3) is 0 Å². The lowest BCUT2D eigenvalue weighted by Gasteiger charge is -2.34. The summed E-state index contributed by atoms with van der Waals surface area (Å²) in [5.74, 6) is 0.700. The van der Waals surface area contributed by atoms with Crippen molar-refractivity contribution in [3.05, 3.63) is 23.4 Å². The largest absolute Gasteiger partial charge is 0.472 e. The number of nitrogens with one attached hydrogen (secondary N) is 1. The lowest BCUT2D eigenvalue weighted by atomic mass is 10.0. The predicted octanol–water partition coefficient (Wildman–Crippen LogP) is 3.16. The van der Waals surface area contributed by atoms with Gasteiger partial charge in [-0.3, -0.25) is 4.79 Å². The molecule has 0 unspecified atom stereocenters. The topological polar surface area (TPSA) is 99.2 Å². The fraction of sp³-hybridized carbons (Fsp3) is 0.720. The van der Waals surface area contributed by atoms with E-state index in [-0.39, 0.29) is 30.2 Å². The number of carbonyl (C=O) groups excluding carboxylic acids is 2. The molecule has 3 heterocycles. The minimum absolute atomic E-state index is 0.00397. The SMILES string of the molecule is COC(=O)NCCCc1cc([C@@H](C)N(C(=O)[C@H]2CCCCO2)C2CC2)cnc1O[C@H]1CCOC1. The first kappa shape index (κ1) is 24.7. The summed E-state index contributed by atoms with van der Waals surface area (Å²) in [5, 5.41) is 2.72. The maximum atomic E-state index is 13.4. The summed E-state index contributed by atoms with van der Waals surface area (Å²) in [6.45, 7) is 4.48. The van der Waals surface area contributed by atoms with Gasteiger partial charge >= 0.3 is 6.09 Å². The number of alkyl carbamates (subject to hydrolysis) is 1. The van der Waals surface area contributed by atoms with E-state index in [2.05, 4.69) is 28.0 Å². The van der Waals surface area contributed by atoms with Crippen LogP contribution in [0.3, 0.4) is 0 Å². The fourth-order valence-corrected chi connectivity index (χ4v) is 4.64. The summed E-state index contributed by atoms with van der Waals surface area (Å²) >= 11 is 0. The maximum Gasteiger partial charge on any atom is 0.406 e. The number of pyridine rings is 1. The van der Waals surface area contributed by atoms with Gasteiger partial charge in [0.05, 0.1) is 26.4 Å². The van der Waals surface area contributed by atoms with Gasteiger partial charge in [-0.15, -0.1) is 0 Å². The number of hydrogen-bond acceptors (Lipinski definition) is 7. The van der Waals surface area contributed by atoms with Crippen LogP contribution in [-0.4, -0.2) is 73.6 Å². The lowest BCUT2D eigenvalue weighted by molar-refractivity contribution is -0.149. The smallest absolute Gasteiger partial charge is 0.406 e. The number of carbonyl (C=O) groups is 2. The summed E-state index contributed by atoms with van der Waals surface area (Å²) in [7, 11) is 1.35. The van der Waals surface area contributed by atoms with Crippen LogP contribution in [0, 0.1) is 0 Å². The predicted molar refractivity (Wildman–Crippen MR) is 125 cm³/mol. The van der Waals surface area contributed by atoms with Gasteiger partial charge in [-0.25, -0.2) is 9.78 Å². The minimum atomic E-state index is -0.441. The van der Waals surface area contributed by atoms with E-state index in [1.807, 2.05) is 11.1 Å². The van der Waals surface area contributed by atoms with E-state index in [0.29, 0.717) is 45.1 Å². The normalized spacial score (nSPS) is 23.2. The summed E-state index contributed by atoms with van der Waals surface area (Å²) in [6.07, 6.45) is 8.21. The van der Waals surface area contributed by atoms with Gasteiger partial charge < -0.3 is 29.2 Å². The van der Waals surface area contributed by atoms with Gasteiger partial charge in [-0.1, -0.05) is 0 Å². The fourth-order valence-electron chi connectivity index (χ4n) is 4.64. The molecular formula is C25H37N3O6. The minimum Gasteiger partial charge on any atom is -0.472 e. The van der Waals surface area contributed by atoms with E-state index in [9.17, 15) is 9.59 Å². The van der Waals surface area contributed by atoms with Crippen molar-refractivity contribution in [1.82, 2.24) is 15.2 Å². The first-order chi connectivity index (χ1) is 16.6. The quantitative estimate of drug-likeness (QED) is 0.519. The zero-order chi connectivity index (χ0) is 23.9. The lowest BCUT2D eigenvalue weighted by Crippen LogP contribution is -2.44. The van der Waals surface area contributed by atoms with Crippen LogP contribution in [0.1, 0.15) is 69.0 Å². The summed E-state index contributed by atoms with van der Waals surface area (Å²) < 4.78 is 22.1. The Bertz CT molecular complexity index is 834. The molecule has 9 nitrogen and oxygen atoms in total. The number of amides is 2. The number of methoxy groups -OCH3 is 1. The molecule has 3 aliphatic rings. The van der Waals surface area contributed by atoms with Gasteiger partial charge in [0.15, 0.2) is 0 Å². The molecule has 1 saturated carbocycles. The van der Waals surface area contributed by atoms with E-state index < -0.39 is 6.09 Å². The highest BCUT2D eigenvalue weighted by Crippen LogP contribution is 2.37. The highest BCUT2D eigenvalue weighted by atomic mass is 16.6. The van der Waals surface area contributed by atoms with E-state index in [0.717, 1.165) is 49.7 Å². The zero-order valence-corrected chi connectivity index (χ0v) is 20.3. The van der Waals surface area contributed by atoms with Gasteiger partial charge in [-0.05, 0) is 63.5 Å². The van der Waals surface area contributed by atoms with Crippen LogP contribution < -0.4 is 10.1 Å². The van der Waals surface area contributed by atoms with Gasteiger partial charge in [0.1, 0.15) is 12.2 Å². The van der Waals surface area contributed by atoms with Gasteiger partial charge in [0.25, 0.3) is 5.91 Å². The Morgan fingerprint density at radius 3 is 2.76 bits per heavy atom. The molecule has 2 amide bonds. The van der Waals surface area contributed by atoms with Gasteiger partial charge in [0, 0.05) is 37.4 Å². The Kier molecular flexibility index (Phi) is 8.61. The molecule has 0 bridgehead atoms. The van der Waals surface area contributed by atoms with Crippen LogP contribution >= 0.6 is 0 Å². The Morgan fingerprint density at radius 2 is 2.09 bits per heavy atom. The van der Waals surface area contributed by atoms with E-state index >= 15 is 0 Å². The molecular weight excluding hydrogens is 438 g/mol. The molecule has 0 spiro atoms. The van der Waals surface area contributed by atoms with Crippen molar-refractivity contribution >= 4 is 12.0 Å². The average Bonchev–Trinajstić information content (AvgIpc) is 3.57. The number of ether oxygens (including phenoxy) is 4. The number of nitrogens with zero attached hydrogens (tertiary/aromatic N) is 2. The molecule has 34 heavy (non-hydrogen) atoms. The monoisotopic (exact) mass is 475 g/mol. The highest BCUT2D eigenvalue weighted by molar-refractivity contribution is 5.82. The van der Waals surface area contributed by atoms with Crippen LogP contribution in [0.2, 0.25) is 0 Å². The molecule has 188 valence electrons. The summed E-state index contributed by atoms with van der Waals surface area (Å²) in [5.41, 5.74) is 1.96. The second-order valence-electron chi connectivity index (χ2n) is 9.37. The van der Waals surface area contributed by atoms with E-state index in [1.54, 1.807) is 0 Å². The molecule has 1 aromatic heterocycles.